The van der Waals surface area contributed by atoms with E-state index in [0.717, 1.165) is 29.5 Å². The number of anilines is 1. The van der Waals surface area contributed by atoms with Gasteiger partial charge in [-0.3, -0.25) is 14.5 Å². The quantitative estimate of drug-likeness (QED) is 0.141. The van der Waals surface area contributed by atoms with Gasteiger partial charge in [0.1, 0.15) is 11.5 Å². The van der Waals surface area contributed by atoms with Crippen LogP contribution in [0.4, 0.5) is 5.13 Å². The SMILES string of the molecule is CCCCCOc1cccc(C2C(C(=O)/C=C/c3ccccc3)=C(O)C(=O)N2c2nc3ccc(OCC)cc3s2)c1. The molecule has 5 rings (SSSR count). The van der Waals surface area contributed by atoms with E-state index in [-0.39, 0.29) is 5.57 Å². The summed E-state index contributed by atoms with van der Waals surface area (Å²) < 4.78 is 12.4. The molecule has 0 saturated heterocycles. The zero-order chi connectivity index (χ0) is 28.8. The summed E-state index contributed by atoms with van der Waals surface area (Å²) in [5.41, 5.74) is 2.16. The molecule has 0 bridgehead atoms. The van der Waals surface area contributed by atoms with Crippen molar-refractivity contribution < 1.29 is 24.2 Å². The Labute approximate surface area is 243 Å². The Morgan fingerprint density at radius 3 is 2.59 bits per heavy atom. The fraction of sp³-hybridized carbons (Fsp3) is 0.242. The minimum atomic E-state index is -0.887. The maximum absolute atomic E-state index is 13.6. The Bertz CT molecular complexity index is 1610. The molecule has 8 heteroatoms. The van der Waals surface area contributed by atoms with E-state index in [1.165, 1.54) is 22.3 Å². The second-order valence-electron chi connectivity index (χ2n) is 9.64. The zero-order valence-electron chi connectivity index (χ0n) is 23.1. The minimum Gasteiger partial charge on any atom is -0.503 e. The van der Waals surface area contributed by atoms with Gasteiger partial charge in [0.2, 0.25) is 0 Å². The van der Waals surface area contributed by atoms with Gasteiger partial charge in [0.25, 0.3) is 5.91 Å². The molecule has 1 amide bonds. The first kappa shape index (κ1) is 28.1. The van der Waals surface area contributed by atoms with Gasteiger partial charge in [0, 0.05) is 0 Å². The average molecular weight is 569 g/mol. The molecule has 7 nitrogen and oxygen atoms in total. The van der Waals surface area contributed by atoms with Crippen LogP contribution in [0.5, 0.6) is 11.5 Å². The Kier molecular flexibility index (Phi) is 8.79. The molecule has 3 aromatic carbocycles. The molecule has 1 aliphatic rings. The predicted molar refractivity (Wildman–Crippen MR) is 163 cm³/mol. The molecular formula is C33H32N2O5S. The molecule has 1 atom stereocenters. The van der Waals surface area contributed by atoms with Crippen LogP contribution in [-0.4, -0.2) is 35.0 Å². The molecule has 2 heterocycles. The van der Waals surface area contributed by atoms with E-state index in [9.17, 15) is 14.7 Å². The summed E-state index contributed by atoms with van der Waals surface area (Å²) in [6.45, 7) is 5.14. The van der Waals surface area contributed by atoms with Crippen molar-refractivity contribution in [3.63, 3.8) is 0 Å². The Balaban J connectivity index is 1.55. The molecule has 0 fully saturated rings. The number of allylic oxidation sites excluding steroid dienone is 1. The van der Waals surface area contributed by atoms with Crippen LogP contribution in [0.3, 0.4) is 0 Å². The van der Waals surface area contributed by atoms with Crippen LogP contribution in [0.2, 0.25) is 0 Å². The number of carbonyl (C=O) groups excluding carboxylic acids is 2. The van der Waals surface area contributed by atoms with Gasteiger partial charge in [-0.2, -0.15) is 0 Å². The topological polar surface area (TPSA) is 89.0 Å². The van der Waals surface area contributed by atoms with E-state index in [1.54, 1.807) is 6.08 Å². The van der Waals surface area contributed by atoms with Gasteiger partial charge >= 0.3 is 0 Å². The highest BCUT2D eigenvalue weighted by molar-refractivity contribution is 7.22. The number of carbonyl (C=O) groups is 2. The molecule has 1 N–H and O–H groups in total. The fourth-order valence-corrected chi connectivity index (χ4v) is 5.78. The van der Waals surface area contributed by atoms with Crippen molar-refractivity contribution in [2.45, 2.75) is 39.2 Å². The van der Waals surface area contributed by atoms with Crippen molar-refractivity contribution in [3.8, 4) is 11.5 Å². The number of hydrogen-bond acceptors (Lipinski definition) is 7. The standard InChI is InChI=1S/C33H32N2O5S/c1-3-5-9-19-40-24-14-10-13-23(20-24)30-29(27(36)18-15-22-11-7-6-8-12-22)31(37)32(38)35(30)33-34-26-17-16-25(39-4-2)21-28(26)41-33/h6-8,10-18,20-21,30,37H,3-5,9,19H2,1-2H3/b18-15+. The number of ether oxygens (including phenoxy) is 2. The number of rotatable bonds is 12. The average Bonchev–Trinajstić information content (AvgIpc) is 3.52. The summed E-state index contributed by atoms with van der Waals surface area (Å²) in [6, 6.07) is 21.4. The number of amides is 1. The van der Waals surface area contributed by atoms with Gasteiger partial charge in [-0.15, -0.1) is 0 Å². The summed E-state index contributed by atoms with van der Waals surface area (Å²) in [4.78, 5) is 33.3. The summed E-state index contributed by atoms with van der Waals surface area (Å²) >= 11 is 1.30. The van der Waals surface area contributed by atoms with Crippen LogP contribution < -0.4 is 14.4 Å². The zero-order valence-corrected chi connectivity index (χ0v) is 23.9. The normalized spacial score (nSPS) is 15.3. The van der Waals surface area contributed by atoms with E-state index < -0.39 is 23.5 Å². The van der Waals surface area contributed by atoms with E-state index in [0.29, 0.717) is 40.9 Å². The van der Waals surface area contributed by atoms with Gasteiger partial charge in [-0.25, -0.2) is 4.98 Å². The molecule has 0 spiro atoms. The minimum absolute atomic E-state index is 0.000393. The number of fused-ring (bicyclic) bond motifs is 1. The highest BCUT2D eigenvalue weighted by Gasteiger charge is 2.45. The first-order valence-electron chi connectivity index (χ1n) is 13.8. The summed E-state index contributed by atoms with van der Waals surface area (Å²) in [5.74, 6) is -0.378. The lowest BCUT2D eigenvalue weighted by molar-refractivity contribution is -0.117. The van der Waals surface area contributed by atoms with Crippen molar-refractivity contribution in [1.29, 1.82) is 0 Å². The van der Waals surface area contributed by atoms with Crippen LogP contribution in [0.15, 0.2) is 90.2 Å². The van der Waals surface area contributed by atoms with Crippen molar-refractivity contribution in [2.75, 3.05) is 18.1 Å². The number of hydrogen-bond donors (Lipinski definition) is 1. The Hall–Kier alpha value is -4.43. The molecule has 210 valence electrons. The van der Waals surface area contributed by atoms with E-state index in [4.69, 9.17) is 14.5 Å². The maximum Gasteiger partial charge on any atom is 0.296 e. The Morgan fingerprint density at radius 1 is 1.00 bits per heavy atom. The van der Waals surface area contributed by atoms with Crippen LogP contribution in [0.1, 0.15) is 50.3 Å². The van der Waals surface area contributed by atoms with E-state index in [1.807, 2.05) is 79.7 Å². The smallest absolute Gasteiger partial charge is 0.296 e. The lowest BCUT2D eigenvalue weighted by Gasteiger charge is -2.24. The number of aliphatic hydroxyl groups excluding tert-OH is 1. The molecule has 4 aromatic rings. The third kappa shape index (κ3) is 6.18. The monoisotopic (exact) mass is 568 g/mol. The van der Waals surface area contributed by atoms with Gasteiger partial charge in [0.05, 0.1) is 35.0 Å². The highest BCUT2D eigenvalue weighted by Crippen LogP contribution is 2.44. The molecule has 1 aliphatic heterocycles. The molecule has 41 heavy (non-hydrogen) atoms. The van der Waals surface area contributed by atoms with Gasteiger partial charge in [-0.05, 0) is 60.9 Å². The lowest BCUT2D eigenvalue weighted by Crippen LogP contribution is -2.30. The molecule has 0 radical (unpaired) electrons. The molecular weight excluding hydrogens is 536 g/mol. The van der Waals surface area contributed by atoms with Crippen molar-refractivity contribution >= 4 is 44.5 Å². The van der Waals surface area contributed by atoms with Crippen LogP contribution in [0, 0.1) is 0 Å². The highest BCUT2D eigenvalue weighted by atomic mass is 32.1. The number of aromatic nitrogens is 1. The number of unbranched alkanes of at least 4 members (excludes halogenated alkanes) is 2. The molecule has 1 unspecified atom stereocenters. The van der Waals surface area contributed by atoms with E-state index >= 15 is 0 Å². The third-order valence-electron chi connectivity index (χ3n) is 6.76. The van der Waals surface area contributed by atoms with Gasteiger partial charge in [-0.1, -0.05) is 79.6 Å². The van der Waals surface area contributed by atoms with E-state index in [2.05, 4.69) is 6.92 Å². The summed E-state index contributed by atoms with van der Waals surface area (Å²) in [6.07, 6.45) is 6.15. The number of aliphatic hydroxyl groups is 1. The van der Waals surface area contributed by atoms with Crippen LogP contribution >= 0.6 is 11.3 Å². The molecule has 0 saturated carbocycles. The van der Waals surface area contributed by atoms with Crippen LogP contribution in [-0.2, 0) is 9.59 Å². The first-order chi connectivity index (χ1) is 20.0. The van der Waals surface area contributed by atoms with Gasteiger partial charge < -0.3 is 14.6 Å². The number of ketones is 1. The van der Waals surface area contributed by atoms with Crippen molar-refractivity contribution in [3.05, 3.63) is 101 Å². The fourth-order valence-electron chi connectivity index (χ4n) is 4.76. The molecule has 0 aliphatic carbocycles. The Morgan fingerprint density at radius 2 is 1.80 bits per heavy atom. The second-order valence-corrected chi connectivity index (χ2v) is 10.6. The maximum atomic E-state index is 13.6. The predicted octanol–water partition coefficient (Wildman–Crippen LogP) is 7.45. The second kappa shape index (κ2) is 12.8. The lowest BCUT2D eigenvalue weighted by atomic mass is 9.95. The summed E-state index contributed by atoms with van der Waals surface area (Å²) in [7, 11) is 0. The number of nitrogens with zero attached hydrogens (tertiary/aromatic N) is 2. The van der Waals surface area contributed by atoms with Crippen molar-refractivity contribution in [2.24, 2.45) is 0 Å². The third-order valence-corrected chi connectivity index (χ3v) is 7.77. The summed E-state index contributed by atoms with van der Waals surface area (Å²) in [5, 5.41) is 11.5. The van der Waals surface area contributed by atoms with Gasteiger partial charge in [0.15, 0.2) is 16.7 Å². The van der Waals surface area contributed by atoms with Crippen molar-refractivity contribution in [1.82, 2.24) is 4.98 Å². The number of thiazole rings is 1. The first-order valence-corrected chi connectivity index (χ1v) is 14.6. The number of benzene rings is 3. The largest absolute Gasteiger partial charge is 0.503 e. The van der Waals surface area contributed by atoms with Crippen LogP contribution in [0.25, 0.3) is 16.3 Å². The molecule has 1 aromatic heterocycles.